The Kier molecular flexibility index (Phi) is 4.34. The number of carboxylic acid groups (broad SMARTS) is 1. The van der Waals surface area contributed by atoms with E-state index in [9.17, 15) is 9.00 Å². The number of carbonyl (C=O) groups is 1. The number of aromatic nitrogens is 1. The Morgan fingerprint density at radius 1 is 1.35 bits per heavy atom. The molecule has 1 heterocycles. The van der Waals surface area contributed by atoms with E-state index in [0.717, 1.165) is 0 Å². The maximum atomic E-state index is 12.2. The number of benzene rings is 1. The molecule has 0 radical (unpaired) electrons. The summed E-state index contributed by atoms with van der Waals surface area (Å²) in [4.78, 5) is 11.4. The van der Waals surface area contributed by atoms with E-state index in [0.29, 0.717) is 16.6 Å². The smallest absolute Gasteiger partial charge is 0.358 e. The van der Waals surface area contributed by atoms with Crippen molar-refractivity contribution in [1.29, 1.82) is 0 Å². The summed E-state index contributed by atoms with van der Waals surface area (Å²) in [7, 11) is -1.28. The highest BCUT2D eigenvalue weighted by atomic mass is 32.2. The van der Waals surface area contributed by atoms with Gasteiger partial charge in [0.2, 0.25) is 0 Å². The molecule has 0 amide bonds. The fourth-order valence-electron chi connectivity index (χ4n) is 1.70. The van der Waals surface area contributed by atoms with Crippen LogP contribution in [0.1, 0.15) is 41.6 Å². The molecule has 0 saturated heterocycles. The Hall–Kier alpha value is -1.95. The number of hydrogen-bond acceptors (Lipinski definition) is 4. The van der Waals surface area contributed by atoms with Gasteiger partial charge in [0.05, 0.1) is 16.6 Å². The van der Waals surface area contributed by atoms with Crippen LogP contribution in [0.2, 0.25) is 0 Å². The summed E-state index contributed by atoms with van der Waals surface area (Å²) >= 11 is 0. The third-order valence-electron chi connectivity index (χ3n) is 2.86. The van der Waals surface area contributed by atoms with Crippen molar-refractivity contribution in [3.63, 3.8) is 0 Å². The van der Waals surface area contributed by atoms with Gasteiger partial charge < -0.3 is 9.63 Å². The molecular formula is C14H15NO4S. The van der Waals surface area contributed by atoms with Crippen molar-refractivity contribution in [2.45, 2.75) is 30.4 Å². The fourth-order valence-corrected chi connectivity index (χ4v) is 2.70. The predicted molar refractivity (Wildman–Crippen MR) is 74.1 cm³/mol. The Morgan fingerprint density at radius 3 is 2.50 bits per heavy atom. The molecule has 2 rings (SSSR count). The van der Waals surface area contributed by atoms with Crippen LogP contribution in [0.3, 0.4) is 0 Å². The summed E-state index contributed by atoms with van der Waals surface area (Å²) in [6, 6.07) is 8.82. The SMILES string of the molecule is CC(C)c1ccc(S(=O)Cc2cc(C(=O)O)no2)cc1. The lowest BCUT2D eigenvalue weighted by molar-refractivity contribution is 0.0685. The highest BCUT2D eigenvalue weighted by molar-refractivity contribution is 7.84. The van der Waals surface area contributed by atoms with Crippen LogP contribution < -0.4 is 0 Å². The molecule has 20 heavy (non-hydrogen) atoms. The van der Waals surface area contributed by atoms with Crippen LogP contribution in [0.5, 0.6) is 0 Å². The van der Waals surface area contributed by atoms with Gasteiger partial charge in [-0.05, 0) is 23.6 Å². The van der Waals surface area contributed by atoms with Crippen molar-refractivity contribution < 1.29 is 18.6 Å². The molecule has 0 aliphatic rings. The van der Waals surface area contributed by atoms with E-state index in [-0.39, 0.29) is 11.4 Å². The number of carboxylic acids is 1. The van der Waals surface area contributed by atoms with Gasteiger partial charge in [0, 0.05) is 11.0 Å². The lowest BCUT2D eigenvalue weighted by Gasteiger charge is -2.06. The van der Waals surface area contributed by atoms with E-state index in [4.69, 9.17) is 9.63 Å². The third kappa shape index (κ3) is 3.33. The minimum Gasteiger partial charge on any atom is -0.476 e. The lowest BCUT2D eigenvalue weighted by atomic mass is 10.0. The Morgan fingerprint density at radius 2 is 2.00 bits per heavy atom. The Balaban J connectivity index is 2.09. The van der Waals surface area contributed by atoms with E-state index >= 15 is 0 Å². The van der Waals surface area contributed by atoms with Crippen molar-refractivity contribution in [3.8, 4) is 0 Å². The zero-order valence-corrected chi connectivity index (χ0v) is 12.0. The van der Waals surface area contributed by atoms with Crippen LogP contribution in [0.4, 0.5) is 0 Å². The first-order valence-corrected chi connectivity index (χ1v) is 7.46. The minimum atomic E-state index is -1.28. The monoisotopic (exact) mass is 293 g/mol. The number of nitrogens with zero attached hydrogens (tertiary/aromatic N) is 1. The maximum Gasteiger partial charge on any atom is 0.358 e. The molecule has 1 N–H and O–H groups in total. The molecule has 1 unspecified atom stereocenters. The summed E-state index contributed by atoms with van der Waals surface area (Å²) < 4.78 is 17.0. The van der Waals surface area contributed by atoms with Crippen LogP contribution in [0.15, 0.2) is 39.8 Å². The Labute approximate surface area is 119 Å². The summed E-state index contributed by atoms with van der Waals surface area (Å²) in [6.45, 7) is 4.18. The molecule has 0 spiro atoms. The minimum absolute atomic E-state index is 0.112. The van der Waals surface area contributed by atoms with Crippen LogP contribution in [0, 0.1) is 0 Å². The molecule has 5 nitrogen and oxygen atoms in total. The molecule has 0 aliphatic carbocycles. The summed E-state index contributed by atoms with van der Waals surface area (Å²) in [5.41, 5.74) is 1.01. The average molecular weight is 293 g/mol. The molecule has 0 bridgehead atoms. The quantitative estimate of drug-likeness (QED) is 0.916. The molecule has 106 valence electrons. The third-order valence-corrected chi connectivity index (χ3v) is 4.21. The normalized spacial score (nSPS) is 12.6. The number of aromatic carboxylic acids is 1. The summed E-state index contributed by atoms with van der Waals surface area (Å²) in [5, 5.41) is 12.1. The van der Waals surface area contributed by atoms with Crippen LogP contribution in [-0.2, 0) is 16.6 Å². The van der Waals surface area contributed by atoms with Crippen molar-refractivity contribution >= 4 is 16.8 Å². The maximum absolute atomic E-state index is 12.2. The van der Waals surface area contributed by atoms with Crippen molar-refractivity contribution in [2.24, 2.45) is 0 Å². The van der Waals surface area contributed by atoms with Gasteiger partial charge in [-0.2, -0.15) is 0 Å². The molecule has 0 saturated carbocycles. The zero-order valence-electron chi connectivity index (χ0n) is 11.2. The molecule has 0 fully saturated rings. The first kappa shape index (κ1) is 14.5. The number of rotatable bonds is 5. The summed E-state index contributed by atoms with van der Waals surface area (Å²) in [6.07, 6.45) is 0. The molecule has 2 aromatic rings. The van der Waals surface area contributed by atoms with Crippen molar-refractivity contribution in [2.75, 3.05) is 0 Å². The van der Waals surface area contributed by atoms with Gasteiger partial charge in [-0.3, -0.25) is 4.21 Å². The van der Waals surface area contributed by atoms with E-state index in [1.807, 2.05) is 24.3 Å². The Bertz CT molecular complexity index is 631. The van der Waals surface area contributed by atoms with Gasteiger partial charge in [0.15, 0.2) is 5.69 Å². The van der Waals surface area contributed by atoms with E-state index < -0.39 is 16.8 Å². The predicted octanol–water partition coefficient (Wildman–Crippen LogP) is 2.80. The van der Waals surface area contributed by atoms with Gasteiger partial charge in [-0.1, -0.05) is 31.1 Å². The molecule has 1 aromatic heterocycles. The second-order valence-corrected chi connectivity index (χ2v) is 6.15. The van der Waals surface area contributed by atoms with Gasteiger partial charge in [0.25, 0.3) is 0 Å². The molecular weight excluding hydrogens is 278 g/mol. The average Bonchev–Trinajstić information content (AvgIpc) is 2.87. The van der Waals surface area contributed by atoms with E-state index in [2.05, 4.69) is 19.0 Å². The van der Waals surface area contributed by atoms with Crippen molar-refractivity contribution in [1.82, 2.24) is 5.16 Å². The van der Waals surface area contributed by atoms with E-state index in [1.165, 1.54) is 11.6 Å². The van der Waals surface area contributed by atoms with Gasteiger partial charge in [0.1, 0.15) is 5.76 Å². The second kappa shape index (κ2) is 6.00. The number of hydrogen-bond donors (Lipinski definition) is 1. The highest BCUT2D eigenvalue weighted by Crippen LogP contribution is 2.18. The van der Waals surface area contributed by atoms with Gasteiger partial charge >= 0.3 is 5.97 Å². The zero-order chi connectivity index (χ0) is 14.7. The highest BCUT2D eigenvalue weighted by Gasteiger charge is 2.14. The van der Waals surface area contributed by atoms with Crippen LogP contribution >= 0.6 is 0 Å². The summed E-state index contributed by atoms with van der Waals surface area (Å²) in [5.74, 6) is -0.327. The lowest BCUT2D eigenvalue weighted by Crippen LogP contribution is -1.97. The largest absolute Gasteiger partial charge is 0.476 e. The first-order chi connectivity index (χ1) is 9.47. The standard InChI is InChI=1S/C14H15NO4S/c1-9(2)10-3-5-12(6-4-10)20(18)8-11-7-13(14(16)17)15-19-11/h3-7,9H,8H2,1-2H3,(H,16,17). The van der Waals surface area contributed by atoms with Crippen LogP contribution in [-0.4, -0.2) is 20.4 Å². The molecule has 1 atom stereocenters. The molecule has 1 aromatic carbocycles. The fraction of sp³-hybridized carbons (Fsp3) is 0.286. The first-order valence-electron chi connectivity index (χ1n) is 6.14. The molecule has 6 heteroatoms. The van der Waals surface area contributed by atoms with Crippen LogP contribution in [0.25, 0.3) is 0 Å². The molecule has 0 aliphatic heterocycles. The van der Waals surface area contributed by atoms with Gasteiger partial charge in [-0.25, -0.2) is 4.79 Å². The van der Waals surface area contributed by atoms with Crippen molar-refractivity contribution in [3.05, 3.63) is 47.3 Å². The topological polar surface area (TPSA) is 80.4 Å². The van der Waals surface area contributed by atoms with E-state index in [1.54, 1.807) is 0 Å². The van der Waals surface area contributed by atoms with Gasteiger partial charge in [-0.15, -0.1) is 0 Å². The second-order valence-electron chi connectivity index (χ2n) is 4.70.